The van der Waals surface area contributed by atoms with Crippen LogP contribution in [-0.2, 0) is 22.7 Å². The summed E-state index contributed by atoms with van der Waals surface area (Å²) in [6.07, 6.45) is 2.84. The highest BCUT2D eigenvalue weighted by Gasteiger charge is 2.36. The van der Waals surface area contributed by atoms with Crippen molar-refractivity contribution in [3.05, 3.63) is 91.8 Å². The zero-order valence-electron chi connectivity index (χ0n) is 16.8. The number of carbonyl (C=O) groups is 3. The number of furan rings is 1. The Balaban J connectivity index is 1.51. The first kappa shape index (κ1) is 23.1. The molecule has 3 aromatic rings. The summed E-state index contributed by atoms with van der Waals surface area (Å²) in [6, 6.07) is 12.7. The van der Waals surface area contributed by atoms with Crippen molar-refractivity contribution in [2.24, 2.45) is 0 Å². The second-order valence-electron chi connectivity index (χ2n) is 7.00. The third-order valence-corrected chi connectivity index (χ3v) is 5.95. The number of barbiturate groups is 1. The summed E-state index contributed by atoms with van der Waals surface area (Å²) in [5, 5.41) is 3.21. The van der Waals surface area contributed by atoms with E-state index < -0.39 is 17.8 Å². The summed E-state index contributed by atoms with van der Waals surface area (Å²) in [7, 11) is 0. The highest BCUT2D eigenvalue weighted by molar-refractivity contribution is 9.10. The molecule has 7 nitrogen and oxygen atoms in total. The summed E-state index contributed by atoms with van der Waals surface area (Å²) in [5.41, 5.74) is 1.16. The van der Waals surface area contributed by atoms with Gasteiger partial charge in [0.1, 0.15) is 23.7 Å². The predicted molar refractivity (Wildman–Crippen MR) is 126 cm³/mol. The maximum absolute atomic E-state index is 12.8. The Hall–Kier alpha value is -3.07. The molecule has 2 heterocycles. The van der Waals surface area contributed by atoms with E-state index in [1.54, 1.807) is 48.5 Å². The number of ether oxygens (including phenoxy) is 1. The molecule has 0 spiro atoms. The minimum Gasteiger partial charge on any atom is -0.488 e. The zero-order chi connectivity index (χ0) is 23.5. The summed E-state index contributed by atoms with van der Waals surface area (Å²) in [4.78, 5) is 38.2. The molecule has 1 aromatic heterocycles. The average molecular weight is 550 g/mol. The van der Waals surface area contributed by atoms with E-state index in [0.29, 0.717) is 31.6 Å². The molecule has 1 aliphatic rings. The summed E-state index contributed by atoms with van der Waals surface area (Å²) < 4.78 is 11.6. The number of hydrogen-bond donors (Lipinski definition) is 1. The highest BCUT2D eigenvalue weighted by Crippen LogP contribution is 2.29. The standard InChI is InChI=1S/C23H15BrCl2N2O5/c24-18-9-13(3-6-20(18)33-12-14-4-5-15(25)10-19(14)26)8-17-21(29)27-23(31)28(22(17)30)11-16-2-1-7-32-16/h1-10H,11-12H2,(H,27,29,31)/b17-8+. The largest absolute Gasteiger partial charge is 0.488 e. The molecule has 0 bridgehead atoms. The van der Waals surface area contributed by atoms with E-state index in [-0.39, 0.29) is 18.7 Å². The van der Waals surface area contributed by atoms with Crippen molar-refractivity contribution in [3.8, 4) is 5.75 Å². The Morgan fingerprint density at radius 3 is 2.61 bits per heavy atom. The molecule has 4 rings (SSSR count). The summed E-state index contributed by atoms with van der Waals surface area (Å²) in [6.45, 7) is 0.131. The maximum Gasteiger partial charge on any atom is 0.331 e. The Bertz CT molecular complexity index is 1270. The fraction of sp³-hybridized carbons (Fsp3) is 0.0870. The lowest BCUT2D eigenvalue weighted by Gasteiger charge is -2.25. The molecule has 0 unspecified atom stereocenters. The van der Waals surface area contributed by atoms with Crippen LogP contribution >= 0.6 is 39.1 Å². The number of benzene rings is 2. The van der Waals surface area contributed by atoms with E-state index in [0.717, 1.165) is 10.5 Å². The lowest BCUT2D eigenvalue weighted by atomic mass is 10.1. The number of nitrogens with one attached hydrogen (secondary N) is 1. The smallest absolute Gasteiger partial charge is 0.331 e. The second kappa shape index (κ2) is 9.82. The summed E-state index contributed by atoms with van der Waals surface area (Å²) in [5.74, 6) is -0.530. The number of halogens is 3. The monoisotopic (exact) mass is 548 g/mol. The minimum absolute atomic E-state index is 0.0913. The van der Waals surface area contributed by atoms with Gasteiger partial charge in [0.2, 0.25) is 0 Å². The molecule has 1 N–H and O–H groups in total. The molecule has 0 atom stereocenters. The molecular weight excluding hydrogens is 535 g/mol. The van der Waals surface area contributed by atoms with Crippen molar-refractivity contribution < 1.29 is 23.5 Å². The Labute approximate surface area is 207 Å². The number of amides is 4. The van der Waals surface area contributed by atoms with Crippen LogP contribution in [0.15, 0.2) is 69.3 Å². The van der Waals surface area contributed by atoms with Crippen molar-refractivity contribution >= 4 is 63.1 Å². The third-order valence-electron chi connectivity index (χ3n) is 4.75. The van der Waals surface area contributed by atoms with Crippen LogP contribution in [0.5, 0.6) is 5.75 Å². The molecule has 4 amide bonds. The number of nitrogens with zero attached hydrogens (tertiary/aromatic N) is 1. The lowest BCUT2D eigenvalue weighted by molar-refractivity contribution is -0.130. The van der Waals surface area contributed by atoms with Crippen LogP contribution in [0.1, 0.15) is 16.9 Å². The van der Waals surface area contributed by atoms with E-state index in [2.05, 4.69) is 21.2 Å². The van der Waals surface area contributed by atoms with Crippen LogP contribution < -0.4 is 10.1 Å². The van der Waals surface area contributed by atoms with Crippen molar-refractivity contribution in [1.29, 1.82) is 0 Å². The first-order valence-corrected chi connectivity index (χ1v) is 11.1. The van der Waals surface area contributed by atoms with Gasteiger partial charge in [0.25, 0.3) is 11.8 Å². The average Bonchev–Trinajstić information content (AvgIpc) is 3.28. The molecule has 2 aromatic carbocycles. The number of carbonyl (C=O) groups excluding carboxylic acids is 3. The van der Waals surface area contributed by atoms with Gasteiger partial charge in [-0.15, -0.1) is 0 Å². The van der Waals surface area contributed by atoms with Gasteiger partial charge in [-0.05, 0) is 64.0 Å². The predicted octanol–water partition coefficient (Wildman–Crippen LogP) is 5.59. The molecule has 0 saturated carbocycles. The fourth-order valence-corrected chi connectivity index (χ4v) is 4.05. The topological polar surface area (TPSA) is 88.9 Å². The Morgan fingerprint density at radius 2 is 1.91 bits per heavy atom. The van der Waals surface area contributed by atoms with Gasteiger partial charge in [0.15, 0.2) is 0 Å². The van der Waals surface area contributed by atoms with Crippen LogP contribution in [-0.4, -0.2) is 22.7 Å². The first-order chi connectivity index (χ1) is 15.8. The molecule has 1 fully saturated rings. The third kappa shape index (κ3) is 5.30. The summed E-state index contributed by atoms with van der Waals surface area (Å²) >= 11 is 15.5. The highest BCUT2D eigenvalue weighted by atomic mass is 79.9. The van der Waals surface area contributed by atoms with Gasteiger partial charge in [-0.2, -0.15) is 0 Å². The van der Waals surface area contributed by atoms with Gasteiger partial charge in [-0.1, -0.05) is 35.3 Å². The van der Waals surface area contributed by atoms with Crippen molar-refractivity contribution in [2.75, 3.05) is 0 Å². The van der Waals surface area contributed by atoms with E-state index in [9.17, 15) is 14.4 Å². The Morgan fingerprint density at radius 1 is 1.09 bits per heavy atom. The number of imide groups is 2. The molecule has 0 radical (unpaired) electrons. The Kier molecular flexibility index (Phi) is 6.88. The SMILES string of the molecule is O=C1NC(=O)N(Cc2ccco2)C(=O)/C1=C/c1ccc(OCc2ccc(Cl)cc2Cl)c(Br)c1. The van der Waals surface area contributed by atoms with Gasteiger partial charge in [-0.25, -0.2) is 4.79 Å². The van der Waals surface area contributed by atoms with Crippen LogP contribution in [0.4, 0.5) is 4.79 Å². The van der Waals surface area contributed by atoms with Crippen molar-refractivity contribution in [3.63, 3.8) is 0 Å². The molecular formula is C23H15BrCl2N2O5. The molecule has 168 valence electrons. The maximum atomic E-state index is 12.8. The van der Waals surface area contributed by atoms with Gasteiger partial charge < -0.3 is 9.15 Å². The zero-order valence-corrected chi connectivity index (χ0v) is 19.9. The van der Waals surface area contributed by atoms with Gasteiger partial charge >= 0.3 is 6.03 Å². The fourth-order valence-electron chi connectivity index (χ4n) is 3.08. The number of urea groups is 1. The van der Waals surface area contributed by atoms with Crippen LogP contribution in [0.3, 0.4) is 0 Å². The molecule has 1 aliphatic heterocycles. The quantitative estimate of drug-likeness (QED) is 0.320. The molecule has 33 heavy (non-hydrogen) atoms. The van der Waals surface area contributed by atoms with E-state index in [4.69, 9.17) is 32.4 Å². The van der Waals surface area contributed by atoms with E-state index in [1.165, 1.54) is 12.3 Å². The van der Waals surface area contributed by atoms with Gasteiger partial charge in [0.05, 0.1) is 17.3 Å². The van der Waals surface area contributed by atoms with Crippen molar-refractivity contribution in [1.82, 2.24) is 10.2 Å². The van der Waals surface area contributed by atoms with E-state index in [1.807, 2.05) is 0 Å². The van der Waals surface area contributed by atoms with E-state index >= 15 is 0 Å². The van der Waals surface area contributed by atoms with Crippen LogP contribution in [0.25, 0.3) is 6.08 Å². The molecule has 0 aliphatic carbocycles. The first-order valence-electron chi connectivity index (χ1n) is 9.59. The van der Waals surface area contributed by atoms with Gasteiger partial charge in [0, 0.05) is 15.6 Å². The second-order valence-corrected chi connectivity index (χ2v) is 8.70. The minimum atomic E-state index is -0.802. The van der Waals surface area contributed by atoms with Gasteiger partial charge in [-0.3, -0.25) is 19.8 Å². The number of hydrogen-bond acceptors (Lipinski definition) is 5. The molecule has 10 heteroatoms. The molecule has 1 saturated heterocycles. The van der Waals surface area contributed by atoms with Crippen LogP contribution in [0.2, 0.25) is 10.0 Å². The normalized spacial score (nSPS) is 15.2. The number of rotatable bonds is 6. The van der Waals surface area contributed by atoms with Crippen LogP contribution in [0, 0.1) is 0 Å². The van der Waals surface area contributed by atoms with Crippen molar-refractivity contribution in [2.45, 2.75) is 13.2 Å². The lowest BCUT2D eigenvalue weighted by Crippen LogP contribution is -2.53.